The second kappa shape index (κ2) is 8.49. The number of hydrogen-bond acceptors (Lipinski definition) is 5. The van der Waals surface area contributed by atoms with E-state index in [-0.39, 0.29) is 29.9 Å². The first-order valence-corrected chi connectivity index (χ1v) is 9.96. The summed E-state index contributed by atoms with van der Waals surface area (Å²) in [6.45, 7) is 1.06. The topological polar surface area (TPSA) is 92.0 Å². The number of anilines is 1. The Balaban J connectivity index is 1.33. The number of amides is 2. The van der Waals surface area contributed by atoms with E-state index < -0.39 is 0 Å². The molecule has 0 spiro atoms. The van der Waals surface area contributed by atoms with Crippen LogP contribution in [0.3, 0.4) is 0 Å². The Kier molecular flexibility index (Phi) is 5.61. The number of likely N-dealkylation sites (tertiary alicyclic amines) is 1. The van der Waals surface area contributed by atoms with Gasteiger partial charge in [-0.1, -0.05) is 12.1 Å². The maximum absolute atomic E-state index is 12.8. The van der Waals surface area contributed by atoms with Crippen LogP contribution in [0.5, 0.6) is 11.5 Å². The number of carbonyl (C=O) groups is 2. The van der Waals surface area contributed by atoms with E-state index in [9.17, 15) is 14.7 Å². The molecule has 2 heterocycles. The maximum atomic E-state index is 12.8. The van der Waals surface area contributed by atoms with Crippen molar-refractivity contribution >= 4 is 28.5 Å². The number of furan rings is 1. The number of methoxy groups -OCH3 is 1. The molecular weight excluding hydrogens is 384 g/mol. The zero-order chi connectivity index (χ0) is 21.1. The van der Waals surface area contributed by atoms with E-state index in [0.717, 1.165) is 10.9 Å². The second-order valence-corrected chi connectivity index (χ2v) is 7.46. The minimum Gasteiger partial charge on any atom is -0.506 e. The number of phenolic OH excluding ortho intramolecular Hbond substituents is 1. The van der Waals surface area contributed by atoms with E-state index in [2.05, 4.69) is 5.32 Å². The van der Waals surface area contributed by atoms with Crippen molar-refractivity contribution in [3.63, 3.8) is 0 Å². The summed E-state index contributed by atoms with van der Waals surface area (Å²) in [7, 11) is 1.60. The number of phenols is 1. The van der Waals surface area contributed by atoms with Crippen molar-refractivity contribution in [2.75, 3.05) is 25.5 Å². The highest BCUT2D eigenvalue weighted by Crippen LogP contribution is 2.28. The van der Waals surface area contributed by atoms with Crippen LogP contribution in [0.25, 0.3) is 11.0 Å². The van der Waals surface area contributed by atoms with Gasteiger partial charge in [-0.15, -0.1) is 0 Å². The lowest BCUT2D eigenvalue weighted by Gasteiger charge is -2.31. The lowest BCUT2D eigenvalue weighted by molar-refractivity contribution is -0.133. The van der Waals surface area contributed by atoms with Crippen LogP contribution in [0.1, 0.15) is 18.4 Å². The van der Waals surface area contributed by atoms with Crippen molar-refractivity contribution < 1.29 is 23.8 Å². The third-order valence-corrected chi connectivity index (χ3v) is 5.58. The third kappa shape index (κ3) is 4.10. The van der Waals surface area contributed by atoms with Gasteiger partial charge in [-0.3, -0.25) is 9.59 Å². The van der Waals surface area contributed by atoms with Crippen LogP contribution in [-0.4, -0.2) is 42.0 Å². The van der Waals surface area contributed by atoms with Gasteiger partial charge in [-0.2, -0.15) is 0 Å². The van der Waals surface area contributed by atoms with Crippen LogP contribution in [0.4, 0.5) is 5.69 Å². The summed E-state index contributed by atoms with van der Waals surface area (Å²) in [6, 6.07) is 12.2. The monoisotopic (exact) mass is 408 g/mol. The fraction of sp³-hybridized carbons (Fsp3) is 0.304. The lowest BCUT2D eigenvalue weighted by Crippen LogP contribution is -2.42. The number of rotatable bonds is 5. The van der Waals surface area contributed by atoms with Crippen LogP contribution in [0, 0.1) is 5.92 Å². The molecule has 1 aliphatic heterocycles. The van der Waals surface area contributed by atoms with Gasteiger partial charge in [0.2, 0.25) is 11.8 Å². The highest BCUT2D eigenvalue weighted by atomic mass is 16.5. The summed E-state index contributed by atoms with van der Waals surface area (Å²) in [5, 5.41) is 13.5. The molecule has 1 fully saturated rings. The number of fused-ring (bicyclic) bond motifs is 1. The van der Waals surface area contributed by atoms with E-state index in [0.29, 0.717) is 43.0 Å². The number of para-hydroxylation sites is 2. The second-order valence-electron chi connectivity index (χ2n) is 7.46. The molecular formula is C23H24N2O5. The molecule has 0 radical (unpaired) electrons. The molecule has 2 amide bonds. The number of aromatic hydroxyl groups is 1. The molecule has 7 heteroatoms. The maximum Gasteiger partial charge on any atom is 0.227 e. The van der Waals surface area contributed by atoms with Crippen molar-refractivity contribution in [3.8, 4) is 11.5 Å². The van der Waals surface area contributed by atoms with Crippen LogP contribution < -0.4 is 10.1 Å². The zero-order valence-corrected chi connectivity index (χ0v) is 16.8. The van der Waals surface area contributed by atoms with Crippen LogP contribution in [-0.2, 0) is 16.0 Å². The van der Waals surface area contributed by atoms with Gasteiger partial charge < -0.3 is 24.5 Å². The number of nitrogens with zero attached hydrogens (tertiary/aromatic N) is 1. The molecule has 0 unspecified atom stereocenters. The Bertz CT molecular complexity index is 1070. The summed E-state index contributed by atoms with van der Waals surface area (Å²) < 4.78 is 10.8. The van der Waals surface area contributed by atoms with Gasteiger partial charge >= 0.3 is 0 Å². The molecule has 1 saturated heterocycles. The molecule has 0 bridgehead atoms. The molecule has 3 aromatic rings. The fourth-order valence-electron chi connectivity index (χ4n) is 3.81. The predicted molar refractivity (Wildman–Crippen MR) is 113 cm³/mol. The summed E-state index contributed by atoms with van der Waals surface area (Å²) in [5.41, 5.74) is 1.94. The minimum absolute atomic E-state index is 0.0214. The number of carbonyl (C=O) groups excluding carboxylic acids is 2. The van der Waals surface area contributed by atoms with Crippen LogP contribution in [0.2, 0.25) is 0 Å². The Labute approximate surface area is 174 Å². The summed E-state index contributed by atoms with van der Waals surface area (Å²) in [5.74, 6) is 0.463. The number of benzene rings is 2. The third-order valence-electron chi connectivity index (χ3n) is 5.58. The first kappa shape index (κ1) is 19.8. The lowest BCUT2D eigenvalue weighted by atomic mass is 9.95. The molecule has 30 heavy (non-hydrogen) atoms. The van der Waals surface area contributed by atoms with E-state index in [1.807, 2.05) is 12.1 Å². The van der Waals surface area contributed by atoms with Crippen LogP contribution >= 0.6 is 0 Å². The molecule has 7 nitrogen and oxygen atoms in total. The average Bonchev–Trinajstić information content (AvgIpc) is 3.17. The Morgan fingerprint density at radius 3 is 2.70 bits per heavy atom. The van der Waals surface area contributed by atoms with Crippen LogP contribution in [0.15, 0.2) is 53.1 Å². The minimum atomic E-state index is -0.184. The molecule has 1 aliphatic rings. The number of ether oxygens (including phenoxy) is 1. The summed E-state index contributed by atoms with van der Waals surface area (Å²) in [6.07, 6.45) is 3.06. The van der Waals surface area contributed by atoms with E-state index >= 15 is 0 Å². The predicted octanol–water partition coefficient (Wildman–Crippen LogP) is 3.57. The van der Waals surface area contributed by atoms with Gasteiger partial charge in [0.05, 0.1) is 25.5 Å². The number of hydrogen-bond donors (Lipinski definition) is 2. The molecule has 0 saturated carbocycles. The van der Waals surface area contributed by atoms with E-state index in [1.54, 1.807) is 42.5 Å². The first-order chi connectivity index (χ1) is 14.5. The molecule has 1 aromatic heterocycles. The van der Waals surface area contributed by atoms with Gasteiger partial charge in [0.15, 0.2) is 0 Å². The zero-order valence-electron chi connectivity index (χ0n) is 16.8. The van der Waals surface area contributed by atoms with Crippen molar-refractivity contribution in [2.24, 2.45) is 5.92 Å². The van der Waals surface area contributed by atoms with E-state index in [1.165, 1.54) is 6.07 Å². The number of piperidine rings is 1. The molecule has 0 aliphatic carbocycles. The largest absolute Gasteiger partial charge is 0.506 e. The van der Waals surface area contributed by atoms with Gasteiger partial charge in [-0.05, 0) is 37.1 Å². The Morgan fingerprint density at radius 2 is 1.97 bits per heavy atom. The van der Waals surface area contributed by atoms with Gasteiger partial charge in [0.1, 0.15) is 17.1 Å². The molecule has 2 aromatic carbocycles. The first-order valence-electron chi connectivity index (χ1n) is 9.96. The highest BCUT2D eigenvalue weighted by Gasteiger charge is 2.28. The molecule has 156 valence electrons. The summed E-state index contributed by atoms with van der Waals surface area (Å²) >= 11 is 0. The Hall–Kier alpha value is -3.48. The standard InChI is InChI=1S/C23H24N2O5/c1-29-17-6-7-18-16(14-30-21(18)13-17)12-22(27)25-10-8-15(9-11-25)23(28)24-19-4-2-3-5-20(19)26/h2-7,13-15,26H,8-12H2,1H3,(H,24,28). The van der Waals surface area contributed by atoms with Crippen molar-refractivity contribution in [1.29, 1.82) is 0 Å². The fourth-order valence-corrected chi connectivity index (χ4v) is 3.81. The molecule has 4 rings (SSSR count). The van der Waals surface area contributed by atoms with Gasteiger partial charge in [-0.25, -0.2) is 0 Å². The number of nitrogens with one attached hydrogen (secondary N) is 1. The van der Waals surface area contributed by atoms with Crippen molar-refractivity contribution in [1.82, 2.24) is 4.90 Å². The van der Waals surface area contributed by atoms with Gasteiger partial charge in [0.25, 0.3) is 0 Å². The quantitative estimate of drug-likeness (QED) is 0.630. The van der Waals surface area contributed by atoms with Crippen molar-refractivity contribution in [3.05, 3.63) is 54.3 Å². The highest BCUT2D eigenvalue weighted by molar-refractivity contribution is 5.94. The Morgan fingerprint density at radius 1 is 1.20 bits per heavy atom. The normalized spacial score (nSPS) is 14.6. The SMILES string of the molecule is COc1ccc2c(CC(=O)N3CCC(C(=O)Nc4ccccc4O)CC3)coc2c1. The smallest absolute Gasteiger partial charge is 0.227 e. The van der Waals surface area contributed by atoms with Crippen molar-refractivity contribution in [2.45, 2.75) is 19.3 Å². The molecule has 0 atom stereocenters. The molecule has 2 N–H and O–H groups in total. The van der Waals surface area contributed by atoms with E-state index in [4.69, 9.17) is 9.15 Å². The van der Waals surface area contributed by atoms with Gasteiger partial charge in [0, 0.05) is 36.0 Å². The summed E-state index contributed by atoms with van der Waals surface area (Å²) in [4.78, 5) is 27.1. The average molecular weight is 408 g/mol.